The third kappa shape index (κ3) is 5.17. The molecule has 8 heteroatoms. The number of carboxylic acids is 1. The van der Waals surface area contributed by atoms with Crippen LogP contribution in [0.4, 0.5) is 5.69 Å². The van der Waals surface area contributed by atoms with Gasteiger partial charge in [0.1, 0.15) is 0 Å². The molecular formula is C21H13Cl3N2O2S. The summed E-state index contributed by atoms with van der Waals surface area (Å²) in [5.74, 6) is -1.12. The van der Waals surface area contributed by atoms with Crippen LogP contribution >= 0.6 is 46.8 Å². The number of carboxylic acid groups (broad SMARTS) is 1. The van der Waals surface area contributed by atoms with Crippen molar-refractivity contribution in [2.75, 3.05) is 4.31 Å². The van der Waals surface area contributed by atoms with Crippen LogP contribution in [0, 0.1) is 11.3 Å². The number of hydrogen-bond donors (Lipinski definition) is 1. The molecule has 0 spiro atoms. The highest BCUT2D eigenvalue weighted by molar-refractivity contribution is 8.00. The standard InChI is InChI=1S/C21H13Cl3N2O2S/c22-18-5-2-6-19(23)17(18)12-26(29-15-4-1-3-13(9-15)11-25)14-7-8-20(24)16(10-14)21(27)28/h1-10H,12H2,(H,27,28). The molecule has 0 atom stereocenters. The second-order valence-corrected chi connectivity index (χ2v) is 8.25. The summed E-state index contributed by atoms with van der Waals surface area (Å²) >= 11 is 20.0. The van der Waals surface area contributed by atoms with E-state index in [2.05, 4.69) is 6.07 Å². The first-order chi connectivity index (χ1) is 13.9. The van der Waals surface area contributed by atoms with Gasteiger partial charge in [-0.2, -0.15) is 5.26 Å². The number of carbonyl (C=O) groups is 1. The van der Waals surface area contributed by atoms with Crippen LogP contribution in [0.1, 0.15) is 21.5 Å². The van der Waals surface area contributed by atoms with Crippen molar-refractivity contribution >= 4 is 58.4 Å². The molecule has 0 radical (unpaired) electrons. The Balaban J connectivity index is 2.05. The molecule has 0 amide bonds. The van der Waals surface area contributed by atoms with E-state index in [1.807, 2.05) is 10.4 Å². The van der Waals surface area contributed by atoms with E-state index in [9.17, 15) is 9.90 Å². The SMILES string of the molecule is N#Cc1cccc(SN(Cc2c(Cl)cccc2Cl)c2ccc(Cl)c(C(=O)O)c2)c1. The molecule has 1 N–H and O–H groups in total. The second kappa shape index (κ2) is 9.43. The molecule has 3 aromatic carbocycles. The Morgan fingerprint density at radius 1 is 1.00 bits per heavy atom. The maximum atomic E-state index is 11.5. The molecular weight excluding hydrogens is 451 g/mol. The van der Waals surface area contributed by atoms with E-state index in [1.54, 1.807) is 42.5 Å². The van der Waals surface area contributed by atoms with Crippen molar-refractivity contribution in [2.45, 2.75) is 11.4 Å². The van der Waals surface area contributed by atoms with Gasteiger partial charge in [0.2, 0.25) is 0 Å². The van der Waals surface area contributed by atoms with Crippen LogP contribution in [0.3, 0.4) is 0 Å². The number of nitrogens with zero attached hydrogens (tertiary/aromatic N) is 2. The summed E-state index contributed by atoms with van der Waals surface area (Å²) in [5.41, 5.74) is 1.82. The lowest BCUT2D eigenvalue weighted by atomic mass is 10.2. The molecule has 3 aromatic rings. The predicted octanol–water partition coefficient (Wildman–Crippen LogP) is 6.93. The van der Waals surface area contributed by atoms with Gasteiger partial charge in [-0.3, -0.25) is 0 Å². The number of anilines is 1. The monoisotopic (exact) mass is 462 g/mol. The minimum atomic E-state index is -1.12. The van der Waals surface area contributed by atoms with E-state index in [0.717, 1.165) is 4.90 Å². The van der Waals surface area contributed by atoms with E-state index in [4.69, 9.17) is 40.1 Å². The predicted molar refractivity (Wildman–Crippen MR) is 118 cm³/mol. The van der Waals surface area contributed by atoms with Crippen LogP contribution in [0.2, 0.25) is 15.1 Å². The van der Waals surface area contributed by atoms with E-state index in [1.165, 1.54) is 24.1 Å². The number of rotatable bonds is 6. The molecule has 0 aliphatic carbocycles. The average Bonchev–Trinajstić information content (AvgIpc) is 2.70. The summed E-state index contributed by atoms with van der Waals surface area (Å²) in [6.07, 6.45) is 0. The summed E-state index contributed by atoms with van der Waals surface area (Å²) in [4.78, 5) is 12.3. The molecule has 146 valence electrons. The molecule has 0 saturated carbocycles. The van der Waals surface area contributed by atoms with Crippen LogP contribution in [0.25, 0.3) is 0 Å². The maximum absolute atomic E-state index is 11.5. The smallest absolute Gasteiger partial charge is 0.337 e. The van der Waals surface area contributed by atoms with Crippen molar-refractivity contribution in [1.82, 2.24) is 0 Å². The molecule has 0 aliphatic rings. The Hall–Kier alpha value is -2.36. The van der Waals surface area contributed by atoms with Gasteiger partial charge in [0.15, 0.2) is 0 Å². The van der Waals surface area contributed by atoms with Gasteiger partial charge in [-0.15, -0.1) is 0 Å². The maximum Gasteiger partial charge on any atom is 0.337 e. The molecule has 0 heterocycles. The molecule has 0 aliphatic heterocycles. The van der Waals surface area contributed by atoms with E-state index < -0.39 is 5.97 Å². The van der Waals surface area contributed by atoms with Gasteiger partial charge in [0, 0.05) is 26.2 Å². The fourth-order valence-corrected chi connectivity index (χ4v) is 4.29. The number of halogens is 3. The molecule has 0 fully saturated rings. The fourth-order valence-electron chi connectivity index (χ4n) is 2.59. The summed E-state index contributed by atoms with van der Waals surface area (Å²) in [5, 5.41) is 19.7. The van der Waals surface area contributed by atoms with Crippen LogP contribution in [-0.2, 0) is 6.54 Å². The molecule has 0 bridgehead atoms. The van der Waals surface area contributed by atoms with Crippen molar-refractivity contribution in [2.24, 2.45) is 0 Å². The van der Waals surface area contributed by atoms with Gasteiger partial charge in [0.25, 0.3) is 0 Å². The van der Waals surface area contributed by atoms with Gasteiger partial charge >= 0.3 is 5.97 Å². The Bertz CT molecular complexity index is 1100. The number of benzene rings is 3. The third-order valence-electron chi connectivity index (χ3n) is 4.01. The van der Waals surface area contributed by atoms with Crippen molar-refractivity contribution in [3.05, 3.63) is 92.4 Å². The summed E-state index contributed by atoms with van der Waals surface area (Å²) in [6.45, 7) is 0.306. The Morgan fingerprint density at radius 2 is 1.69 bits per heavy atom. The quantitative estimate of drug-likeness (QED) is 0.401. The molecule has 4 nitrogen and oxygen atoms in total. The first kappa shape index (κ1) is 21.4. The average molecular weight is 464 g/mol. The van der Waals surface area contributed by atoms with E-state index >= 15 is 0 Å². The van der Waals surface area contributed by atoms with Crippen molar-refractivity contribution in [1.29, 1.82) is 5.26 Å². The van der Waals surface area contributed by atoms with E-state index in [0.29, 0.717) is 33.4 Å². The van der Waals surface area contributed by atoms with E-state index in [-0.39, 0.29) is 10.6 Å². The van der Waals surface area contributed by atoms with Gasteiger partial charge in [-0.25, -0.2) is 4.79 Å². The first-order valence-corrected chi connectivity index (χ1v) is 10.2. The molecule has 3 rings (SSSR count). The number of hydrogen-bond acceptors (Lipinski definition) is 4. The summed E-state index contributed by atoms with van der Waals surface area (Å²) < 4.78 is 1.85. The largest absolute Gasteiger partial charge is 0.478 e. The van der Waals surface area contributed by atoms with Crippen LogP contribution in [0.5, 0.6) is 0 Å². The summed E-state index contributed by atoms with van der Waals surface area (Å²) in [7, 11) is 0. The minimum Gasteiger partial charge on any atom is -0.478 e. The Morgan fingerprint density at radius 3 is 2.34 bits per heavy atom. The highest BCUT2D eigenvalue weighted by Crippen LogP contribution is 2.36. The fraction of sp³-hybridized carbons (Fsp3) is 0.0476. The van der Waals surface area contributed by atoms with Crippen LogP contribution in [0.15, 0.2) is 65.6 Å². The molecule has 0 aromatic heterocycles. The first-order valence-electron chi connectivity index (χ1n) is 8.30. The van der Waals surface area contributed by atoms with Gasteiger partial charge in [0.05, 0.1) is 28.8 Å². The van der Waals surface area contributed by atoms with Crippen molar-refractivity contribution in [3.8, 4) is 6.07 Å². The third-order valence-corrected chi connectivity index (χ3v) is 6.07. The topological polar surface area (TPSA) is 64.3 Å². The highest BCUT2D eigenvalue weighted by Gasteiger charge is 2.18. The highest BCUT2D eigenvalue weighted by atomic mass is 35.5. The van der Waals surface area contributed by atoms with Crippen molar-refractivity contribution in [3.63, 3.8) is 0 Å². The molecule has 0 saturated heterocycles. The lowest BCUT2D eigenvalue weighted by Gasteiger charge is -2.25. The second-order valence-electron chi connectivity index (χ2n) is 5.94. The minimum absolute atomic E-state index is 0.00852. The van der Waals surface area contributed by atoms with Gasteiger partial charge in [-0.05, 0) is 60.5 Å². The molecule has 29 heavy (non-hydrogen) atoms. The zero-order chi connectivity index (χ0) is 21.0. The van der Waals surface area contributed by atoms with Crippen LogP contribution < -0.4 is 4.31 Å². The lowest BCUT2D eigenvalue weighted by molar-refractivity contribution is 0.0697. The van der Waals surface area contributed by atoms with Crippen molar-refractivity contribution < 1.29 is 9.90 Å². The molecule has 0 unspecified atom stereocenters. The number of aromatic carboxylic acids is 1. The van der Waals surface area contributed by atoms with Gasteiger partial charge in [-0.1, -0.05) is 46.9 Å². The lowest BCUT2D eigenvalue weighted by Crippen LogP contribution is -2.15. The normalized spacial score (nSPS) is 10.4. The number of nitriles is 1. The van der Waals surface area contributed by atoms with Gasteiger partial charge < -0.3 is 9.41 Å². The summed E-state index contributed by atoms with van der Waals surface area (Å²) in [6, 6.07) is 19.2. The Labute approximate surface area is 187 Å². The van der Waals surface area contributed by atoms with Crippen LogP contribution in [-0.4, -0.2) is 11.1 Å². The zero-order valence-electron chi connectivity index (χ0n) is 14.8. The zero-order valence-corrected chi connectivity index (χ0v) is 17.9. The Kier molecular flexibility index (Phi) is 6.94.